The first-order chi connectivity index (χ1) is 14.3. The summed E-state index contributed by atoms with van der Waals surface area (Å²) in [7, 11) is 0. The molecule has 0 atom stereocenters. The number of benzene rings is 1. The minimum atomic E-state index is -0.594. The maximum atomic E-state index is 12.9. The van der Waals surface area contributed by atoms with Gasteiger partial charge in [-0.25, -0.2) is 0 Å². The average molecular weight is 426 g/mol. The van der Waals surface area contributed by atoms with Crippen molar-refractivity contribution in [2.24, 2.45) is 0 Å². The molecule has 1 aromatic carbocycles. The molecule has 30 heavy (non-hydrogen) atoms. The van der Waals surface area contributed by atoms with Gasteiger partial charge in [0.15, 0.2) is 11.2 Å². The minimum absolute atomic E-state index is 0.0127. The van der Waals surface area contributed by atoms with Crippen molar-refractivity contribution in [1.29, 1.82) is 0 Å². The van der Waals surface area contributed by atoms with E-state index in [9.17, 15) is 24.8 Å². The van der Waals surface area contributed by atoms with Gasteiger partial charge in [-0.15, -0.1) is 0 Å². The fraction of sp³-hybridized carbons (Fsp3) is 0.158. The molecule has 5 aromatic rings. The van der Waals surface area contributed by atoms with Gasteiger partial charge in [0.2, 0.25) is 11.2 Å². The zero-order chi connectivity index (χ0) is 21.3. The van der Waals surface area contributed by atoms with Gasteiger partial charge in [0.1, 0.15) is 5.65 Å². The molecule has 0 saturated carbocycles. The molecule has 0 aliphatic carbocycles. The van der Waals surface area contributed by atoms with E-state index in [-0.39, 0.29) is 27.6 Å². The van der Waals surface area contributed by atoms with Crippen LogP contribution in [0.25, 0.3) is 43.5 Å². The summed E-state index contributed by atoms with van der Waals surface area (Å²) in [4.78, 5) is 39.1. The molecule has 5 rings (SSSR count). The van der Waals surface area contributed by atoms with Crippen molar-refractivity contribution in [3.63, 3.8) is 0 Å². The Hall–Kier alpha value is -3.86. The van der Waals surface area contributed by atoms with Crippen LogP contribution in [0.5, 0.6) is 5.75 Å². The lowest BCUT2D eigenvalue weighted by atomic mass is 10.1. The second-order valence-electron chi connectivity index (χ2n) is 7.12. The van der Waals surface area contributed by atoms with E-state index >= 15 is 0 Å². The third-order valence-corrected chi connectivity index (χ3v) is 6.03. The van der Waals surface area contributed by atoms with Crippen LogP contribution in [0.15, 0.2) is 38.3 Å². The molecule has 4 aromatic heterocycles. The van der Waals surface area contributed by atoms with Crippen molar-refractivity contribution < 1.29 is 14.4 Å². The summed E-state index contributed by atoms with van der Waals surface area (Å²) < 4.78 is 7.50. The number of pyridine rings is 1. The van der Waals surface area contributed by atoms with E-state index in [2.05, 4.69) is 10.1 Å². The highest BCUT2D eigenvalue weighted by Gasteiger charge is 2.25. The van der Waals surface area contributed by atoms with Crippen LogP contribution >= 0.6 is 11.3 Å². The number of hydrogen-bond acceptors (Lipinski definition) is 7. The first kappa shape index (κ1) is 18.2. The normalized spacial score (nSPS) is 12.0. The topological polar surface area (TPSA) is 147 Å². The number of nitrogens with one attached hydrogen (secondary N) is 2. The smallest absolute Gasteiger partial charge is 0.324 e. The molecule has 0 aliphatic heterocycles. The second-order valence-corrected chi connectivity index (χ2v) is 8.18. The molecule has 0 spiro atoms. The van der Waals surface area contributed by atoms with Crippen LogP contribution in [0.4, 0.5) is 5.00 Å². The van der Waals surface area contributed by atoms with Crippen molar-refractivity contribution in [3.8, 4) is 16.2 Å². The Kier molecular flexibility index (Phi) is 3.68. The minimum Gasteiger partial charge on any atom is -0.502 e. The van der Waals surface area contributed by atoms with Crippen LogP contribution in [0.2, 0.25) is 0 Å². The molecule has 0 saturated heterocycles. The Labute approximate surface area is 170 Å². The molecular formula is C19H14N4O6S. The van der Waals surface area contributed by atoms with Crippen LogP contribution in [0, 0.1) is 10.1 Å². The third-order valence-electron chi connectivity index (χ3n) is 4.98. The van der Waals surface area contributed by atoms with E-state index in [0.29, 0.717) is 27.0 Å². The van der Waals surface area contributed by atoms with E-state index < -0.39 is 21.7 Å². The van der Waals surface area contributed by atoms with Crippen LogP contribution in [-0.4, -0.2) is 24.8 Å². The van der Waals surface area contributed by atoms with Gasteiger partial charge in [0.25, 0.3) is 5.56 Å². The van der Waals surface area contributed by atoms with Gasteiger partial charge >= 0.3 is 5.00 Å². The Bertz CT molecular complexity index is 1610. The van der Waals surface area contributed by atoms with Gasteiger partial charge in [-0.2, -0.15) is 0 Å². The fourth-order valence-corrected chi connectivity index (χ4v) is 4.52. The van der Waals surface area contributed by atoms with Crippen LogP contribution < -0.4 is 11.0 Å². The average Bonchev–Trinajstić information content (AvgIpc) is 3.39. The Morgan fingerprint density at radius 2 is 1.97 bits per heavy atom. The largest absolute Gasteiger partial charge is 0.502 e. The molecule has 0 fully saturated rings. The van der Waals surface area contributed by atoms with E-state index in [1.54, 1.807) is 10.7 Å². The van der Waals surface area contributed by atoms with Crippen molar-refractivity contribution in [2.45, 2.75) is 19.9 Å². The maximum absolute atomic E-state index is 12.9. The van der Waals surface area contributed by atoms with Crippen molar-refractivity contribution in [1.82, 2.24) is 14.8 Å². The highest BCUT2D eigenvalue weighted by atomic mass is 32.1. The van der Waals surface area contributed by atoms with Gasteiger partial charge < -0.3 is 14.5 Å². The number of H-pyrrole nitrogens is 2. The van der Waals surface area contributed by atoms with Crippen molar-refractivity contribution >= 4 is 49.4 Å². The summed E-state index contributed by atoms with van der Waals surface area (Å²) in [6.07, 6.45) is 0. The number of phenolic OH excluding ortho intramolecular Hbond substituents is 1. The lowest BCUT2D eigenvalue weighted by Gasteiger charge is -2.09. The number of aromatic amines is 2. The van der Waals surface area contributed by atoms with Crippen LogP contribution in [0.3, 0.4) is 0 Å². The summed E-state index contributed by atoms with van der Waals surface area (Å²) in [5, 5.41) is 24.8. The molecule has 0 aliphatic rings. The quantitative estimate of drug-likeness (QED) is 0.295. The molecule has 10 nitrogen and oxygen atoms in total. The SMILES string of the molecule is CC(C)n1[nH]c(=O)c2c(-c3ccc([N+](=O)[O-])s3)c3oc4c(O)c(=O)ccc4c3[nH]c21. The van der Waals surface area contributed by atoms with Gasteiger partial charge in [0.05, 0.1) is 21.4 Å². The van der Waals surface area contributed by atoms with E-state index in [1.807, 2.05) is 13.8 Å². The number of aromatic nitrogens is 3. The molecule has 0 radical (unpaired) electrons. The van der Waals surface area contributed by atoms with Crippen LogP contribution in [0.1, 0.15) is 19.9 Å². The van der Waals surface area contributed by atoms with E-state index in [4.69, 9.17) is 4.42 Å². The van der Waals surface area contributed by atoms with Crippen molar-refractivity contribution in [2.75, 3.05) is 0 Å². The zero-order valence-electron chi connectivity index (χ0n) is 15.7. The van der Waals surface area contributed by atoms with Crippen LogP contribution in [-0.2, 0) is 0 Å². The third kappa shape index (κ3) is 2.35. The molecule has 3 N–H and O–H groups in total. The number of rotatable bonds is 3. The van der Waals surface area contributed by atoms with E-state index in [1.165, 1.54) is 18.2 Å². The van der Waals surface area contributed by atoms with Gasteiger partial charge in [-0.1, -0.05) is 11.3 Å². The molecule has 0 amide bonds. The second kappa shape index (κ2) is 6.07. The lowest BCUT2D eigenvalue weighted by molar-refractivity contribution is -0.380. The highest BCUT2D eigenvalue weighted by molar-refractivity contribution is 7.18. The molecule has 0 bridgehead atoms. The van der Waals surface area contributed by atoms with Gasteiger partial charge in [-0.3, -0.25) is 29.5 Å². The summed E-state index contributed by atoms with van der Waals surface area (Å²) >= 11 is 0.908. The Morgan fingerprint density at radius 3 is 2.63 bits per heavy atom. The van der Waals surface area contributed by atoms with E-state index in [0.717, 1.165) is 11.3 Å². The monoisotopic (exact) mass is 426 g/mol. The Balaban J connectivity index is 2.04. The predicted octanol–water partition coefficient (Wildman–Crippen LogP) is 3.84. The Morgan fingerprint density at radius 1 is 1.20 bits per heavy atom. The summed E-state index contributed by atoms with van der Waals surface area (Å²) in [6, 6.07) is 5.57. The van der Waals surface area contributed by atoms with Gasteiger partial charge in [0, 0.05) is 22.4 Å². The number of hydrogen-bond donors (Lipinski definition) is 3. The summed E-state index contributed by atoms with van der Waals surface area (Å²) in [5.41, 5.74) is 0.527. The first-order valence-electron chi connectivity index (χ1n) is 8.97. The molecule has 11 heteroatoms. The van der Waals surface area contributed by atoms with Gasteiger partial charge in [-0.05, 0) is 32.0 Å². The number of thiophene rings is 1. The zero-order valence-corrected chi connectivity index (χ0v) is 16.5. The fourth-order valence-electron chi connectivity index (χ4n) is 3.65. The lowest BCUT2D eigenvalue weighted by Crippen LogP contribution is -2.07. The number of furan rings is 1. The van der Waals surface area contributed by atoms with Crippen molar-refractivity contribution in [3.05, 3.63) is 55.0 Å². The number of phenols is 1. The number of aromatic hydroxyl groups is 1. The maximum Gasteiger partial charge on any atom is 0.324 e. The summed E-state index contributed by atoms with van der Waals surface area (Å²) in [6.45, 7) is 3.79. The highest BCUT2D eigenvalue weighted by Crippen LogP contribution is 2.43. The molecule has 152 valence electrons. The number of nitrogens with zero attached hydrogens (tertiary/aromatic N) is 2. The standard InChI is InChI=1S/C19H14N4O6S/c1-7(2)22-18-13(19(26)21-22)12(10-5-6-11(30-10)23(27)28)17-14(20-18)8-3-4-9(24)15(25)16(8)29-17/h3-7,20,25H,1-2H3,(H,21,26). The molecule has 4 heterocycles. The molecular weight excluding hydrogens is 412 g/mol. The number of nitro groups is 1. The number of fused-ring (bicyclic) bond motifs is 4. The first-order valence-corrected chi connectivity index (χ1v) is 9.79. The predicted molar refractivity (Wildman–Crippen MR) is 112 cm³/mol. The molecule has 0 unspecified atom stereocenters. The summed E-state index contributed by atoms with van der Waals surface area (Å²) in [5.74, 6) is -0.537.